The molecule has 12 heteroatoms. The molecule has 3 amide bonds. The van der Waals surface area contributed by atoms with E-state index in [1.807, 2.05) is 17.0 Å². The van der Waals surface area contributed by atoms with Crippen molar-refractivity contribution in [2.24, 2.45) is 10.2 Å². The summed E-state index contributed by atoms with van der Waals surface area (Å²) in [5, 5.41) is 13.4. The molecule has 11 nitrogen and oxygen atoms in total. The van der Waals surface area contributed by atoms with Crippen LogP contribution in [0.25, 0.3) is 5.70 Å². The summed E-state index contributed by atoms with van der Waals surface area (Å²) in [4.78, 5) is 42.7. The topological polar surface area (TPSA) is 125 Å². The fourth-order valence-electron chi connectivity index (χ4n) is 5.44. The van der Waals surface area contributed by atoms with Crippen LogP contribution in [0.5, 0.6) is 0 Å². The van der Waals surface area contributed by atoms with E-state index in [0.29, 0.717) is 72.4 Å². The number of ether oxygens (including phenoxy) is 2. The average molecular weight is 537 g/mol. The zero-order valence-electron chi connectivity index (χ0n) is 20.9. The van der Waals surface area contributed by atoms with Crippen LogP contribution in [-0.2, 0) is 9.47 Å². The van der Waals surface area contributed by atoms with E-state index in [1.165, 1.54) is 11.3 Å². The SMILES string of the molecule is COC[C@H]1CCCN1C(=O)c1ccc(C2=C3C(=O)c4c(NC(=O)NN5CCOCC5)cccc4C3N=N2)s1. The minimum absolute atomic E-state index is 0.0308. The Balaban J connectivity index is 1.23. The first kappa shape index (κ1) is 24.9. The fourth-order valence-corrected chi connectivity index (χ4v) is 6.40. The predicted octanol–water partition coefficient (Wildman–Crippen LogP) is 3.48. The van der Waals surface area contributed by atoms with Crippen molar-refractivity contribution >= 4 is 40.4 Å². The number of nitrogens with zero attached hydrogens (tertiary/aromatic N) is 4. The third kappa shape index (κ3) is 4.43. The standard InChI is InChI=1S/C26H28N6O5S/c1-36-14-15-4-3-9-32(15)25(34)19-8-7-18(38-19)23-21-22(28-29-23)16-5-2-6-17(20(16)24(21)33)27-26(35)30-31-10-12-37-13-11-31/h2,5-8,15,22H,3-4,9-14H2,1H3,(H2,27,30,35)/t15-,22?/m1/s1. The van der Waals surface area contributed by atoms with Gasteiger partial charge in [-0.1, -0.05) is 12.1 Å². The van der Waals surface area contributed by atoms with Gasteiger partial charge in [0.2, 0.25) is 0 Å². The number of methoxy groups -OCH3 is 1. The van der Waals surface area contributed by atoms with Gasteiger partial charge >= 0.3 is 6.03 Å². The summed E-state index contributed by atoms with van der Waals surface area (Å²) < 4.78 is 10.6. The summed E-state index contributed by atoms with van der Waals surface area (Å²) in [5.41, 5.74) is 5.32. The number of nitrogens with one attached hydrogen (secondary N) is 2. The highest BCUT2D eigenvalue weighted by Crippen LogP contribution is 2.49. The highest BCUT2D eigenvalue weighted by atomic mass is 32.1. The van der Waals surface area contributed by atoms with Crippen LogP contribution in [0.1, 0.15) is 49.4 Å². The Hall–Kier alpha value is -3.45. The van der Waals surface area contributed by atoms with Gasteiger partial charge < -0.3 is 19.7 Å². The van der Waals surface area contributed by atoms with Gasteiger partial charge in [0.15, 0.2) is 5.78 Å². The van der Waals surface area contributed by atoms with E-state index >= 15 is 0 Å². The smallest absolute Gasteiger partial charge is 0.333 e. The number of rotatable bonds is 6. The monoisotopic (exact) mass is 536 g/mol. The third-order valence-electron chi connectivity index (χ3n) is 7.23. The Kier molecular flexibility index (Phi) is 6.78. The third-order valence-corrected chi connectivity index (χ3v) is 8.31. The van der Waals surface area contributed by atoms with E-state index in [-0.39, 0.29) is 17.7 Å². The van der Waals surface area contributed by atoms with Crippen molar-refractivity contribution in [1.82, 2.24) is 15.3 Å². The minimum atomic E-state index is -0.525. The lowest BCUT2D eigenvalue weighted by Crippen LogP contribution is -2.49. The number of amides is 3. The van der Waals surface area contributed by atoms with Gasteiger partial charge in [-0.2, -0.15) is 10.2 Å². The number of urea groups is 1. The molecule has 6 rings (SSSR count). The van der Waals surface area contributed by atoms with Crippen LogP contribution < -0.4 is 10.7 Å². The van der Waals surface area contributed by atoms with Gasteiger partial charge in [-0.25, -0.2) is 9.80 Å². The number of fused-ring (bicyclic) bond motifs is 3. The van der Waals surface area contributed by atoms with Gasteiger partial charge in [0.25, 0.3) is 5.91 Å². The van der Waals surface area contributed by atoms with E-state index in [1.54, 1.807) is 30.3 Å². The number of carbonyl (C=O) groups is 3. The molecule has 1 aromatic carbocycles. The van der Waals surface area contributed by atoms with E-state index in [0.717, 1.165) is 17.7 Å². The number of Topliss-reactive ketones (excluding diaryl/α,β-unsaturated/α-hetero) is 1. The Morgan fingerprint density at radius 1 is 1.18 bits per heavy atom. The highest BCUT2D eigenvalue weighted by Gasteiger charge is 2.43. The van der Waals surface area contributed by atoms with Crippen LogP contribution in [0.3, 0.4) is 0 Å². The van der Waals surface area contributed by atoms with Crippen molar-refractivity contribution in [2.45, 2.75) is 24.9 Å². The van der Waals surface area contributed by atoms with Gasteiger partial charge in [-0.15, -0.1) is 11.3 Å². The second-order valence-corrected chi connectivity index (χ2v) is 10.6. The number of hydrogen-bond acceptors (Lipinski definition) is 9. The molecule has 0 spiro atoms. The van der Waals surface area contributed by atoms with Gasteiger partial charge in [0, 0.05) is 26.7 Å². The molecule has 3 aliphatic heterocycles. The first-order chi connectivity index (χ1) is 18.5. The van der Waals surface area contributed by atoms with Crippen molar-refractivity contribution in [2.75, 3.05) is 51.9 Å². The van der Waals surface area contributed by atoms with Crippen LogP contribution in [0.4, 0.5) is 10.5 Å². The molecule has 2 saturated heterocycles. The number of azo groups is 1. The number of hydrazine groups is 1. The van der Waals surface area contributed by atoms with Gasteiger partial charge in [0.05, 0.1) is 52.4 Å². The van der Waals surface area contributed by atoms with E-state index in [2.05, 4.69) is 21.0 Å². The molecule has 198 valence electrons. The van der Waals surface area contributed by atoms with Crippen molar-refractivity contribution < 1.29 is 23.9 Å². The predicted molar refractivity (Wildman–Crippen MR) is 140 cm³/mol. The highest BCUT2D eigenvalue weighted by molar-refractivity contribution is 7.15. The fraction of sp³-hybridized carbons (Fsp3) is 0.423. The normalized spacial score (nSPS) is 22.7. The molecule has 1 aliphatic carbocycles. The molecule has 1 aromatic heterocycles. The summed E-state index contributed by atoms with van der Waals surface area (Å²) >= 11 is 1.32. The van der Waals surface area contributed by atoms with Gasteiger partial charge in [0.1, 0.15) is 11.7 Å². The van der Waals surface area contributed by atoms with Crippen LogP contribution >= 0.6 is 11.3 Å². The summed E-state index contributed by atoms with van der Waals surface area (Å²) in [6, 6.07) is 8.09. The van der Waals surface area contributed by atoms with E-state index in [4.69, 9.17) is 9.47 Å². The summed E-state index contributed by atoms with van der Waals surface area (Å²) in [7, 11) is 1.65. The molecule has 4 heterocycles. The number of benzene rings is 1. The maximum Gasteiger partial charge on any atom is 0.333 e. The van der Waals surface area contributed by atoms with Crippen molar-refractivity contribution in [3.8, 4) is 0 Å². The molecule has 2 atom stereocenters. The van der Waals surface area contributed by atoms with Crippen molar-refractivity contribution in [1.29, 1.82) is 0 Å². The number of ketones is 1. The molecular formula is C26H28N6O5S. The lowest BCUT2D eigenvalue weighted by Gasteiger charge is -2.27. The van der Waals surface area contributed by atoms with Crippen LogP contribution in [0.15, 0.2) is 46.1 Å². The lowest BCUT2D eigenvalue weighted by molar-refractivity contribution is 0.0207. The van der Waals surface area contributed by atoms with E-state index in [9.17, 15) is 14.4 Å². The quantitative estimate of drug-likeness (QED) is 0.582. The number of anilines is 1. The van der Waals surface area contributed by atoms with Gasteiger partial charge in [-0.3, -0.25) is 15.0 Å². The van der Waals surface area contributed by atoms with Crippen LogP contribution in [-0.4, -0.2) is 80.2 Å². The summed E-state index contributed by atoms with van der Waals surface area (Å²) in [6.45, 7) is 3.50. The molecule has 0 radical (unpaired) electrons. The van der Waals surface area contributed by atoms with E-state index < -0.39 is 12.1 Å². The largest absolute Gasteiger partial charge is 0.383 e. The first-order valence-electron chi connectivity index (χ1n) is 12.7. The maximum atomic E-state index is 13.7. The Morgan fingerprint density at radius 3 is 2.84 bits per heavy atom. The Bertz CT molecular complexity index is 1350. The summed E-state index contributed by atoms with van der Waals surface area (Å²) in [6.07, 6.45) is 1.88. The molecule has 2 aromatic rings. The van der Waals surface area contributed by atoms with Crippen molar-refractivity contribution in [3.05, 3.63) is 56.8 Å². The molecule has 38 heavy (non-hydrogen) atoms. The summed E-state index contributed by atoms with van der Waals surface area (Å²) in [5.74, 6) is -0.245. The number of thiophene rings is 1. The number of carbonyl (C=O) groups excluding carboxylic acids is 3. The van der Waals surface area contributed by atoms with Crippen LogP contribution in [0.2, 0.25) is 0 Å². The van der Waals surface area contributed by atoms with Crippen LogP contribution in [0, 0.1) is 0 Å². The zero-order valence-corrected chi connectivity index (χ0v) is 21.8. The molecule has 0 bridgehead atoms. The average Bonchev–Trinajstić information content (AvgIpc) is 3.71. The Morgan fingerprint density at radius 2 is 2.03 bits per heavy atom. The minimum Gasteiger partial charge on any atom is -0.383 e. The number of likely N-dealkylation sites (tertiary alicyclic amines) is 1. The molecule has 2 fully saturated rings. The number of hydrogen-bond donors (Lipinski definition) is 2. The molecule has 4 aliphatic rings. The molecule has 1 unspecified atom stereocenters. The Labute approximate surface area is 223 Å². The second-order valence-electron chi connectivity index (χ2n) is 9.56. The number of morpholine rings is 1. The van der Waals surface area contributed by atoms with Gasteiger partial charge in [-0.05, 0) is 36.6 Å². The zero-order chi connectivity index (χ0) is 26.2. The maximum absolute atomic E-state index is 13.7. The molecule has 0 saturated carbocycles. The lowest BCUT2D eigenvalue weighted by atomic mass is 10.1. The first-order valence-corrected chi connectivity index (χ1v) is 13.5. The molecule has 2 N–H and O–H groups in total. The second kappa shape index (κ2) is 10.4. The molecular weight excluding hydrogens is 508 g/mol. The van der Waals surface area contributed by atoms with Crippen molar-refractivity contribution in [3.63, 3.8) is 0 Å².